The van der Waals surface area contributed by atoms with E-state index < -0.39 is 0 Å². The number of carbonyl (C=O) groups is 1. The van der Waals surface area contributed by atoms with Gasteiger partial charge in [-0.2, -0.15) is 5.10 Å². The monoisotopic (exact) mass is 369 g/mol. The lowest BCUT2D eigenvalue weighted by atomic mass is 9.93. The molecule has 1 amide bonds. The first-order valence-electron chi connectivity index (χ1n) is 10.1. The molecule has 0 bridgehead atoms. The van der Waals surface area contributed by atoms with Crippen molar-refractivity contribution in [3.63, 3.8) is 0 Å². The molecule has 27 heavy (non-hydrogen) atoms. The van der Waals surface area contributed by atoms with Gasteiger partial charge in [0, 0.05) is 19.2 Å². The average molecular weight is 370 g/mol. The van der Waals surface area contributed by atoms with E-state index in [4.69, 9.17) is 0 Å². The predicted octanol–water partition coefficient (Wildman–Crippen LogP) is 4.68. The molecule has 1 aromatic heterocycles. The second-order valence-electron chi connectivity index (χ2n) is 8.40. The van der Waals surface area contributed by atoms with E-state index in [1.807, 2.05) is 18.7 Å². The van der Waals surface area contributed by atoms with Crippen LogP contribution in [0, 0.1) is 25.7 Å². The number of aryl methyl sites for hydroxylation is 2. The Hall–Kier alpha value is -2.10. The molecular weight excluding hydrogens is 334 g/mol. The molecule has 1 aromatic carbocycles. The molecule has 2 aromatic rings. The molecule has 0 spiro atoms. The van der Waals surface area contributed by atoms with Gasteiger partial charge in [-0.25, -0.2) is 0 Å². The minimum Gasteiger partial charge on any atom is -0.349 e. The van der Waals surface area contributed by atoms with Crippen LogP contribution in [0.15, 0.2) is 24.3 Å². The minimum atomic E-state index is 0.0432. The van der Waals surface area contributed by atoms with E-state index in [-0.39, 0.29) is 11.9 Å². The molecular formula is C23H35N3O. The number of hydrogen-bond donors (Lipinski definition) is 1. The highest BCUT2D eigenvalue weighted by atomic mass is 16.1. The molecule has 1 N–H and O–H groups in total. The van der Waals surface area contributed by atoms with Crippen molar-refractivity contribution in [2.75, 3.05) is 0 Å². The van der Waals surface area contributed by atoms with Crippen LogP contribution in [0.5, 0.6) is 0 Å². The first-order valence-corrected chi connectivity index (χ1v) is 10.1. The summed E-state index contributed by atoms with van der Waals surface area (Å²) < 4.78 is 1.89. The van der Waals surface area contributed by atoms with Gasteiger partial charge < -0.3 is 5.32 Å². The molecule has 1 heterocycles. The Balaban J connectivity index is 2.01. The summed E-state index contributed by atoms with van der Waals surface area (Å²) in [5.41, 5.74) is 5.88. The maximum Gasteiger partial charge on any atom is 0.220 e. The molecule has 0 aliphatic carbocycles. The van der Waals surface area contributed by atoms with Gasteiger partial charge in [-0.15, -0.1) is 0 Å². The Morgan fingerprint density at radius 3 is 2.22 bits per heavy atom. The molecule has 4 heteroatoms. The number of hydrogen-bond acceptors (Lipinski definition) is 2. The third-order valence-electron chi connectivity index (χ3n) is 5.23. The second-order valence-corrected chi connectivity index (χ2v) is 8.40. The fourth-order valence-electron chi connectivity index (χ4n) is 3.63. The number of rotatable bonds is 8. The van der Waals surface area contributed by atoms with E-state index in [1.54, 1.807) is 0 Å². The van der Waals surface area contributed by atoms with Crippen molar-refractivity contribution in [2.24, 2.45) is 18.9 Å². The molecule has 0 fully saturated rings. The number of nitrogens with zero attached hydrogens (tertiary/aromatic N) is 2. The average Bonchev–Trinajstić information content (AvgIpc) is 2.83. The van der Waals surface area contributed by atoms with Gasteiger partial charge in [0.1, 0.15) is 0 Å². The molecule has 0 aliphatic rings. The Bertz CT molecular complexity index is 757. The summed E-state index contributed by atoms with van der Waals surface area (Å²) >= 11 is 0. The fraction of sp³-hybridized carbons (Fsp3) is 0.565. The van der Waals surface area contributed by atoms with Gasteiger partial charge in [-0.3, -0.25) is 9.48 Å². The highest BCUT2D eigenvalue weighted by Crippen LogP contribution is 2.23. The smallest absolute Gasteiger partial charge is 0.220 e. The molecule has 4 nitrogen and oxygen atoms in total. The zero-order valence-electron chi connectivity index (χ0n) is 18.0. The van der Waals surface area contributed by atoms with E-state index in [9.17, 15) is 4.79 Å². The molecule has 2 rings (SSSR count). The van der Waals surface area contributed by atoms with Crippen LogP contribution in [0.2, 0.25) is 0 Å². The van der Waals surface area contributed by atoms with Crippen molar-refractivity contribution in [3.8, 4) is 0 Å². The molecule has 0 radical (unpaired) electrons. The van der Waals surface area contributed by atoms with Crippen LogP contribution in [-0.4, -0.2) is 15.7 Å². The molecule has 0 aliphatic heterocycles. The predicted molar refractivity (Wildman–Crippen MR) is 112 cm³/mol. The van der Waals surface area contributed by atoms with Crippen molar-refractivity contribution >= 4 is 5.91 Å². The summed E-state index contributed by atoms with van der Waals surface area (Å²) in [6, 6.07) is 8.76. The fourth-order valence-corrected chi connectivity index (χ4v) is 3.63. The summed E-state index contributed by atoms with van der Waals surface area (Å²) in [5.74, 6) is 1.09. The quantitative estimate of drug-likeness (QED) is 0.734. The molecule has 0 saturated heterocycles. The van der Waals surface area contributed by atoms with Crippen molar-refractivity contribution < 1.29 is 4.79 Å². The maximum absolute atomic E-state index is 12.6. The number of benzene rings is 1. The summed E-state index contributed by atoms with van der Waals surface area (Å²) in [6.45, 7) is 12.8. The van der Waals surface area contributed by atoms with Crippen LogP contribution in [0.4, 0.5) is 0 Å². The van der Waals surface area contributed by atoms with Crippen molar-refractivity contribution in [3.05, 3.63) is 52.3 Å². The van der Waals surface area contributed by atoms with Gasteiger partial charge in [0.05, 0.1) is 11.7 Å². The van der Waals surface area contributed by atoms with Crippen LogP contribution in [0.1, 0.15) is 68.2 Å². The van der Waals surface area contributed by atoms with Gasteiger partial charge in [0.25, 0.3) is 0 Å². The van der Waals surface area contributed by atoms with Crippen molar-refractivity contribution in [2.45, 2.75) is 66.8 Å². The number of carbonyl (C=O) groups excluding carboxylic acids is 1. The maximum atomic E-state index is 12.6. The normalized spacial score (nSPS) is 12.6. The number of nitrogens with one attached hydrogen (secondary N) is 1. The van der Waals surface area contributed by atoms with Crippen LogP contribution >= 0.6 is 0 Å². The van der Waals surface area contributed by atoms with Crippen LogP contribution in [-0.2, 0) is 24.7 Å². The zero-order valence-corrected chi connectivity index (χ0v) is 18.0. The number of aromatic nitrogens is 2. The van der Waals surface area contributed by atoms with Crippen molar-refractivity contribution in [1.29, 1.82) is 0 Å². The van der Waals surface area contributed by atoms with Gasteiger partial charge in [-0.1, -0.05) is 52.0 Å². The third-order valence-corrected chi connectivity index (χ3v) is 5.23. The second kappa shape index (κ2) is 9.20. The Kier molecular flexibility index (Phi) is 7.23. The summed E-state index contributed by atoms with van der Waals surface area (Å²) in [7, 11) is 1.95. The zero-order chi connectivity index (χ0) is 20.1. The van der Waals surface area contributed by atoms with Crippen LogP contribution in [0.3, 0.4) is 0 Å². The Morgan fingerprint density at radius 2 is 1.74 bits per heavy atom. The lowest BCUT2D eigenvalue weighted by Gasteiger charge is -2.23. The first-order chi connectivity index (χ1) is 12.7. The van der Waals surface area contributed by atoms with Gasteiger partial charge in [0.15, 0.2) is 0 Å². The lowest BCUT2D eigenvalue weighted by molar-refractivity contribution is -0.122. The third kappa shape index (κ3) is 5.69. The lowest BCUT2D eigenvalue weighted by Crippen LogP contribution is -2.32. The largest absolute Gasteiger partial charge is 0.349 e. The SMILES string of the molecule is Cc1nn(C)c(C)c1CCC(=O)NC(c1ccc(CC(C)C)cc1)C(C)C. The van der Waals surface area contributed by atoms with Crippen molar-refractivity contribution in [1.82, 2.24) is 15.1 Å². The highest BCUT2D eigenvalue weighted by molar-refractivity contribution is 5.76. The molecule has 1 atom stereocenters. The first kappa shape index (κ1) is 21.2. The Morgan fingerprint density at radius 1 is 1.11 bits per heavy atom. The van der Waals surface area contributed by atoms with E-state index >= 15 is 0 Å². The topological polar surface area (TPSA) is 46.9 Å². The number of amides is 1. The van der Waals surface area contributed by atoms with E-state index in [0.717, 1.165) is 24.2 Å². The highest BCUT2D eigenvalue weighted by Gasteiger charge is 2.19. The Labute approximate surface area is 164 Å². The van der Waals surface area contributed by atoms with Crippen LogP contribution in [0.25, 0.3) is 0 Å². The van der Waals surface area contributed by atoms with Gasteiger partial charge in [-0.05, 0) is 55.2 Å². The summed E-state index contributed by atoms with van der Waals surface area (Å²) in [5, 5.41) is 7.68. The molecule has 0 saturated carbocycles. The van der Waals surface area contributed by atoms with E-state index in [2.05, 4.69) is 69.3 Å². The standard InChI is InChI=1S/C23H35N3O/c1-15(2)14-19-8-10-20(11-9-19)23(16(3)4)24-22(27)13-12-21-17(5)25-26(7)18(21)6/h8-11,15-16,23H,12-14H2,1-7H3,(H,24,27). The van der Waals surface area contributed by atoms with Gasteiger partial charge in [0.2, 0.25) is 5.91 Å². The summed E-state index contributed by atoms with van der Waals surface area (Å²) in [4.78, 5) is 12.6. The van der Waals surface area contributed by atoms with Crippen LogP contribution < -0.4 is 5.32 Å². The molecule has 1 unspecified atom stereocenters. The van der Waals surface area contributed by atoms with E-state index in [1.165, 1.54) is 16.7 Å². The molecule has 148 valence electrons. The minimum absolute atomic E-state index is 0.0432. The summed E-state index contributed by atoms with van der Waals surface area (Å²) in [6.07, 6.45) is 2.31. The van der Waals surface area contributed by atoms with Gasteiger partial charge >= 0.3 is 0 Å². The van der Waals surface area contributed by atoms with E-state index in [0.29, 0.717) is 18.3 Å².